The molecular weight excluding hydrogens is 913 g/mol. The molecule has 0 aliphatic carbocycles. The molecule has 0 radical (unpaired) electrons. The zero-order valence-electron chi connectivity index (χ0n) is 45.1. The molecule has 4 aromatic carbocycles. The van der Waals surface area contributed by atoms with Gasteiger partial charge in [0.25, 0.3) is 0 Å². The van der Waals surface area contributed by atoms with Crippen molar-refractivity contribution in [3.8, 4) is 0 Å². The van der Waals surface area contributed by atoms with Crippen molar-refractivity contribution in [2.24, 2.45) is 11.8 Å². The van der Waals surface area contributed by atoms with E-state index in [1.807, 2.05) is 102 Å². The van der Waals surface area contributed by atoms with Crippen LogP contribution in [0, 0.1) is 11.8 Å². The predicted molar refractivity (Wildman–Crippen MR) is 300 cm³/mol. The first kappa shape index (κ1) is 58.6. The van der Waals surface area contributed by atoms with Gasteiger partial charge in [0.15, 0.2) is 0 Å². The Balaban J connectivity index is 0.000000214. The highest BCUT2D eigenvalue weighted by molar-refractivity contribution is 5.85. The van der Waals surface area contributed by atoms with Crippen LogP contribution in [0.25, 0.3) is 6.08 Å². The van der Waals surface area contributed by atoms with Gasteiger partial charge in [-0.15, -0.1) is 0 Å². The molecule has 4 saturated heterocycles. The molecule has 0 saturated carbocycles. The zero-order valence-corrected chi connectivity index (χ0v) is 45.1. The van der Waals surface area contributed by atoms with Crippen LogP contribution in [0.4, 0.5) is 16.2 Å². The van der Waals surface area contributed by atoms with Crippen molar-refractivity contribution in [3.05, 3.63) is 138 Å². The maximum absolute atomic E-state index is 12.4. The summed E-state index contributed by atoms with van der Waals surface area (Å²) in [6.07, 6.45) is 10.5. The van der Waals surface area contributed by atoms with Gasteiger partial charge in [-0.3, -0.25) is 0 Å². The lowest BCUT2D eigenvalue weighted by molar-refractivity contribution is -0.131. The standard InChI is InChI=1S/C27H35N3O3.C19H29N3O.C9H8O2.3C2H6/c31-25(18-29-16-12-27(13-17-29)20-28-24-9-5-4-8-23(24)27)22-10-14-30(15-11-22)26(32)33-19-21-6-2-1-3-7-21;23-18(15-5-9-20-10-6-15)13-22-11-7-19(8-12-22)14-21-17-4-2-1-3-16(17)19;10-9(11)7-6-8-4-2-1-3-5-8;3*1-2/h1-9,22,25,28,31H,10-20H2;1-4,15,18,20-21,23H,5-14H2;1-7H,(H,10,11);3*1-2H3/b;;7-6+;;;. The highest BCUT2D eigenvalue weighted by Gasteiger charge is 2.43. The number of rotatable bonds is 10. The van der Waals surface area contributed by atoms with Crippen LogP contribution in [0.5, 0.6) is 0 Å². The third kappa shape index (κ3) is 16.9. The Morgan fingerprint density at radius 1 is 0.603 bits per heavy atom. The number of carbonyl (C=O) groups is 2. The monoisotopic (exact) mass is 1000 g/mol. The third-order valence-electron chi connectivity index (χ3n) is 15.4. The number of anilines is 2. The average Bonchev–Trinajstić information content (AvgIpc) is 4.01. The summed E-state index contributed by atoms with van der Waals surface area (Å²) in [6, 6.07) is 36.6. The summed E-state index contributed by atoms with van der Waals surface area (Å²) in [7, 11) is 0. The molecule has 400 valence electrons. The van der Waals surface area contributed by atoms with Crippen molar-refractivity contribution in [3.63, 3.8) is 0 Å². The molecule has 0 bridgehead atoms. The second-order valence-corrected chi connectivity index (χ2v) is 19.6. The maximum atomic E-state index is 12.4. The molecule has 6 N–H and O–H groups in total. The number of β-amino-alcohol motifs (C(OH)–C–C–N with tert-alkyl or cyclic N) is 2. The van der Waals surface area contributed by atoms with E-state index >= 15 is 0 Å². The molecule has 1 amide bonds. The van der Waals surface area contributed by atoms with Gasteiger partial charge in [0, 0.05) is 67.5 Å². The second kappa shape index (κ2) is 30.8. The minimum Gasteiger partial charge on any atom is -0.478 e. The first-order chi connectivity index (χ1) is 35.7. The first-order valence-corrected chi connectivity index (χ1v) is 27.8. The minimum atomic E-state index is -0.922. The number of aliphatic carboxylic acids is 1. The van der Waals surface area contributed by atoms with Gasteiger partial charge in [0.2, 0.25) is 0 Å². The van der Waals surface area contributed by atoms with Gasteiger partial charge in [0.1, 0.15) is 6.61 Å². The summed E-state index contributed by atoms with van der Waals surface area (Å²) in [6.45, 7) is 23.7. The number of carboxylic acids is 1. The van der Waals surface area contributed by atoms with Gasteiger partial charge in [-0.25, -0.2) is 9.59 Å². The Hall–Kier alpha value is -5.24. The molecule has 4 fully saturated rings. The van der Waals surface area contributed by atoms with Crippen LogP contribution in [0.3, 0.4) is 0 Å². The molecule has 6 heterocycles. The number of aliphatic hydroxyl groups is 2. The minimum absolute atomic E-state index is 0.153. The van der Waals surface area contributed by atoms with E-state index in [-0.39, 0.29) is 29.6 Å². The smallest absolute Gasteiger partial charge is 0.410 e. The first-order valence-electron chi connectivity index (χ1n) is 27.8. The van der Waals surface area contributed by atoms with Crippen LogP contribution in [0.1, 0.15) is 115 Å². The number of ether oxygens (including phenoxy) is 1. The highest BCUT2D eigenvalue weighted by Crippen LogP contribution is 2.45. The number of piperidine rings is 4. The fourth-order valence-electron chi connectivity index (χ4n) is 11.2. The van der Waals surface area contributed by atoms with Gasteiger partial charge in [-0.2, -0.15) is 0 Å². The van der Waals surface area contributed by atoms with Crippen LogP contribution in [-0.2, 0) is 27.0 Å². The highest BCUT2D eigenvalue weighted by atomic mass is 16.6. The summed E-state index contributed by atoms with van der Waals surface area (Å²) in [5.41, 5.74) is 8.08. The number of benzene rings is 4. The Labute approximate surface area is 438 Å². The molecule has 0 aromatic heterocycles. The Morgan fingerprint density at radius 3 is 1.49 bits per heavy atom. The van der Waals surface area contributed by atoms with E-state index in [4.69, 9.17) is 9.84 Å². The number of nitrogens with zero attached hydrogens (tertiary/aromatic N) is 3. The summed E-state index contributed by atoms with van der Waals surface area (Å²) >= 11 is 0. The van der Waals surface area contributed by atoms with Crippen molar-refractivity contribution in [2.45, 2.75) is 123 Å². The molecule has 6 aliphatic heterocycles. The molecule has 2 spiro atoms. The van der Waals surface area contributed by atoms with Crippen molar-refractivity contribution in [2.75, 3.05) is 89.2 Å². The van der Waals surface area contributed by atoms with Crippen LogP contribution < -0.4 is 16.0 Å². The molecule has 4 aromatic rings. The van der Waals surface area contributed by atoms with Gasteiger partial charge in [-0.1, -0.05) is 139 Å². The van der Waals surface area contributed by atoms with Crippen molar-refractivity contribution >= 4 is 29.5 Å². The summed E-state index contributed by atoms with van der Waals surface area (Å²) in [5.74, 6) is -0.192. The van der Waals surface area contributed by atoms with E-state index in [0.29, 0.717) is 31.0 Å². The number of fused-ring (bicyclic) bond motifs is 4. The van der Waals surface area contributed by atoms with Crippen molar-refractivity contribution in [1.29, 1.82) is 0 Å². The third-order valence-corrected chi connectivity index (χ3v) is 15.4. The van der Waals surface area contributed by atoms with Crippen molar-refractivity contribution in [1.82, 2.24) is 20.0 Å². The lowest BCUT2D eigenvalue weighted by Gasteiger charge is -2.41. The van der Waals surface area contributed by atoms with Gasteiger partial charge < -0.3 is 50.7 Å². The summed E-state index contributed by atoms with van der Waals surface area (Å²) in [4.78, 5) is 29.2. The number of para-hydroxylation sites is 2. The SMILES string of the molecule is CC.CC.CC.O=C(O)/C=C/c1ccccc1.O=C(OCc1ccccc1)N1CCC(C(O)CN2CCC3(CC2)CNc2ccccc23)CC1.OC(CN1CCC2(CC1)CNc1ccccc12)C1CCNCC1. The lowest BCUT2D eigenvalue weighted by atomic mass is 9.74. The second-order valence-electron chi connectivity index (χ2n) is 19.6. The molecule has 12 nitrogen and oxygen atoms in total. The fourth-order valence-corrected chi connectivity index (χ4v) is 11.2. The van der Waals surface area contributed by atoms with E-state index in [0.717, 1.165) is 121 Å². The number of likely N-dealkylation sites (tertiary alicyclic amines) is 3. The molecular formula is C61H90N6O6. The Kier molecular flexibility index (Phi) is 24.8. The Morgan fingerprint density at radius 2 is 1.03 bits per heavy atom. The Bertz CT molecular complexity index is 2200. The molecule has 12 heteroatoms. The number of carboxylic acid groups (broad SMARTS) is 1. The largest absolute Gasteiger partial charge is 0.478 e. The molecule has 6 aliphatic rings. The van der Waals surface area contributed by atoms with Crippen LogP contribution in [0.2, 0.25) is 0 Å². The van der Waals surface area contributed by atoms with E-state index in [2.05, 4.69) is 74.3 Å². The molecule has 10 rings (SSSR count). The normalized spacial score (nSPS) is 19.6. The van der Waals surface area contributed by atoms with E-state index in [1.54, 1.807) is 11.0 Å². The number of aliphatic hydroxyl groups excluding tert-OH is 2. The van der Waals surface area contributed by atoms with Crippen LogP contribution in [0.15, 0.2) is 115 Å². The maximum Gasteiger partial charge on any atom is 0.410 e. The van der Waals surface area contributed by atoms with E-state index < -0.39 is 5.97 Å². The van der Waals surface area contributed by atoms with Crippen LogP contribution >= 0.6 is 0 Å². The number of hydrogen-bond donors (Lipinski definition) is 6. The van der Waals surface area contributed by atoms with Gasteiger partial charge >= 0.3 is 12.1 Å². The lowest BCUT2D eigenvalue weighted by Crippen LogP contribution is -2.48. The van der Waals surface area contributed by atoms with Gasteiger partial charge in [-0.05, 0) is 143 Å². The number of nitrogens with one attached hydrogen (secondary N) is 3. The summed E-state index contributed by atoms with van der Waals surface area (Å²) in [5, 5.41) is 40.3. The number of carbonyl (C=O) groups excluding carboxylic acids is 1. The summed E-state index contributed by atoms with van der Waals surface area (Å²) < 4.78 is 5.47. The average molecular weight is 1000 g/mol. The molecule has 73 heavy (non-hydrogen) atoms. The van der Waals surface area contributed by atoms with E-state index in [9.17, 15) is 19.8 Å². The fraction of sp³-hybridized carbons (Fsp3) is 0.541. The van der Waals surface area contributed by atoms with Crippen LogP contribution in [-0.4, -0.2) is 133 Å². The van der Waals surface area contributed by atoms with Crippen molar-refractivity contribution < 1.29 is 29.6 Å². The van der Waals surface area contributed by atoms with Gasteiger partial charge in [0.05, 0.1) is 12.2 Å². The zero-order chi connectivity index (χ0) is 52.5. The topological polar surface area (TPSA) is 150 Å². The number of hydrogen-bond acceptors (Lipinski definition) is 10. The molecule has 2 unspecified atom stereocenters. The van der Waals surface area contributed by atoms with E-state index in [1.165, 1.54) is 35.3 Å². The predicted octanol–water partition coefficient (Wildman–Crippen LogP) is 10.5. The number of amides is 1. The molecule has 2 atom stereocenters. The quantitative estimate of drug-likeness (QED) is 0.0843.